The third-order valence-electron chi connectivity index (χ3n) is 8.49. The first-order valence-corrected chi connectivity index (χ1v) is 10.8. The molecule has 0 radical (unpaired) electrons. The summed E-state index contributed by atoms with van der Waals surface area (Å²) in [7, 11) is 1.52. The van der Waals surface area contributed by atoms with Gasteiger partial charge in [0.1, 0.15) is 0 Å². The second-order valence-electron chi connectivity index (χ2n) is 9.77. The van der Waals surface area contributed by atoms with Crippen LogP contribution in [0.25, 0.3) is 0 Å². The summed E-state index contributed by atoms with van der Waals surface area (Å²) in [4.78, 5) is 12.7. The molecule has 0 aromatic rings. The number of ether oxygens (including phenoxy) is 2. The molecule has 4 bridgehead atoms. The van der Waals surface area contributed by atoms with E-state index in [0.29, 0.717) is 29.8 Å². The Morgan fingerprint density at radius 1 is 1.23 bits per heavy atom. The first kappa shape index (κ1) is 17.2. The van der Waals surface area contributed by atoms with E-state index >= 15 is 0 Å². The number of hydrogen-bond acceptors (Lipinski definition) is 4. The lowest BCUT2D eigenvalue weighted by atomic mass is 9.56. The highest BCUT2D eigenvalue weighted by atomic mass is 16.5. The summed E-state index contributed by atoms with van der Waals surface area (Å²) in [5.41, 5.74) is 0.479. The van der Waals surface area contributed by atoms with Gasteiger partial charge in [0, 0.05) is 29.5 Å². The molecular formula is C22H33NO3. The molecule has 4 heteroatoms. The molecule has 6 rings (SSSR count). The molecule has 4 fully saturated rings. The van der Waals surface area contributed by atoms with E-state index in [9.17, 15) is 4.79 Å². The maximum Gasteiger partial charge on any atom is 0.333 e. The van der Waals surface area contributed by atoms with Crippen LogP contribution in [0.3, 0.4) is 0 Å². The Morgan fingerprint density at radius 2 is 2.08 bits per heavy atom. The molecule has 1 unspecified atom stereocenters. The SMILES string of the molecule is COC(=O)C1=C[C@@]23CCCC[C@H]2[C@@H]2C[C@H]([C@H]4CCC[C@@H](C)N4)C(C)(O3)[C@H]12. The maximum absolute atomic E-state index is 12.7. The molecule has 3 aliphatic heterocycles. The van der Waals surface area contributed by atoms with Crippen molar-refractivity contribution in [2.45, 2.75) is 88.5 Å². The summed E-state index contributed by atoms with van der Waals surface area (Å²) in [6.07, 6.45) is 12.0. The van der Waals surface area contributed by atoms with Crippen molar-refractivity contribution < 1.29 is 14.3 Å². The summed E-state index contributed by atoms with van der Waals surface area (Å²) < 4.78 is 12.3. The number of esters is 1. The molecule has 3 heterocycles. The third-order valence-corrected chi connectivity index (χ3v) is 8.49. The quantitative estimate of drug-likeness (QED) is 0.765. The second-order valence-corrected chi connectivity index (χ2v) is 9.77. The number of piperidine rings is 1. The van der Waals surface area contributed by atoms with E-state index in [1.54, 1.807) is 0 Å². The third kappa shape index (κ3) is 2.18. The lowest BCUT2D eigenvalue weighted by Crippen LogP contribution is -2.65. The molecule has 1 spiro atoms. The molecule has 8 atom stereocenters. The summed E-state index contributed by atoms with van der Waals surface area (Å²) in [5, 5.41) is 3.88. The van der Waals surface area contributed by atoms with Crippen LogP contribution in [-0.4, -0.2) is 36.4 Å². The first-order chi connectivity index (χ1) is 12.5. The largest absolute Gasteiger partial charge is 0.466 e. The van der Waals surface area contributed by atoms with Gasteiger partial charge in [0.2, 0.25) is 0 Å². The highest BCUT2D eigenvalue weighted by molar-refractivity contribution is 5.90. The fourth-order valence-corrected chi connectivity index (χ4v) is 7.62. The van der Waals surface area contributed by atoms with Gasteiger partial charge in [-0.15, -0.1) is 0 Å². The Kier molecular flexibility index (Phi) is 3.85. The van der Waals surface area contributed by atoms with Crippen LogP contribution in [-0.2, 0) is 14.3 Å². The predicted octanol–water partition coefficient (Wildman–Crippen LogP) is 3.60. The van der Waals surface area contributed by atoms with Crippen molar-refractivity contribution in [1.82, 2.24) is 5.32 Å². The fraction of sp³-hybridized carbons (Fsp3) is 0.864. The summed E-state index contributed by atoms with van der Waals surface area (Å²) in [5.74, 6) is 1.76. The molecule has 2 saturated heterocycles. The summed E-state index contributed by atoms with van der Waals surface area (Å²) >= 11 is 0. The topological polar surface area (TPSA) is 47.6 Å². The van der Waals surface area contributed by atoms with Crippen molar-refractivity contribution >= 4 is 5.97 Å². The lowest BCUT2D eigenvalue weighted by Gasteiger charge is -2.60. The van der Waals surface area contributed by atoms with Gasteiger partial charge in [0.15, 0.2) is 0 Å². The van der Waals surface area contributed by atoms with Crippen LogP contribution in [0, 0.1) is 23.7 Å². The Labute approximate surface area is 157 Å². The predicted molar refractivity (Wildman–Crippen MR) is 99.6 cm³/mol. The number of methoxy groups -OCH3 is 1. The molecule has 0 amide bonds. The molecular weight excluding hydrogens is 326 g/mol. The van der Waals surface area contributed by atoms with Gasteiger partial charge in [0.25, 0.3) is 0 Å². The number of rotatable bonds is 2. The molecule has 2 saturated carbocycles. The van der Waals surface area contributed by atoms with Gasteiger partial charge in [-0.25, -0.2) is 4.79 Å². The summed E-state index contributed by atoms with van der Waals surface area (Å²) in [6, 6.07) is 1.11. The fourth-order valence-electron chi connectivity index (χ4n) is 7.62. The van der Waals surface area contributed by atoms with Crippen LogP contribution in [0.15, 0.2) is 11.6 Å². The van der Waals surface area contributed by atoms with Crippen LogP contribution in [0.4, 0.5) is 0 Å². The highest BCUT2D eigenvalue weighted by Gasteiger charge is 2.70. The monoisotopic (exact) mass is 359 g/mol. The van der Waals surface area contributed by atoms with E-state index < -0.39 is 0 Å². The Bertz CT molecular complexity index is 645. The van der Waals surface area contributed by atoms with Crippen LogP contribution in [0.5, 0.6) is 0 Å². The molecule has 0 aromatic heterocycles. The minimum absolute atomic E-state index is 0.122. The van der Waals surface area contributed by atoms with Crippen molar-refractivity contribution in [3.63, 3.8) is 0 Å². The average molecular weight is 360 g/mol. The number of carbonyl (C=O) groups is 1. The van der Waals surface area contributed by atoms with E-state index in [4.69, 9.17) is 9.47 Å². The molecule has 3 aliphatic carbocycles. The zero-order chi connectivity index (χ0) is 18.1. The molecule has 4 nitrogen and oxygen atoms in total. The van der Waals surface area contributed by atoms with Crippen LogP contribution >= 0.6 is 0 Å². The number of carbonyl (C=O) groups excluding carboxylic acids is 1. The lowest BCUT2D eigenvalue weighted by molar-refractivity contribution is -0.242. The van der Waals surface area contributed by atoms with Crippen molar-refractivity contribution in [3.05, 3.63) is 11.6 Å². The first-order valence-electron chi connectivity index (χ1n) is 10.8. The van der Waals surface area contributed by atoms with Gasteiger partial charge >= 0.3 is 5.97 Å². The van der Waals surface area contributed by atoms with Crippen molar-refractivity contribution in [2.24, 2.45) is 23.7 Å². The Morgan fingerprint density at radius 3 is 2.85 bits per heavy atom. The normalized spacial score (nSPS) is 52.3. The van der Waals surface area contributed by atoms with E-state index in [1.807, 2.05) is 0 Å². The highest BCUT2D eigenvalue weighted by Crippen LogP contribution is 2.68. The van der Waals surface area contributed by atoms with Crippen LogP contribution in [0.1, 0.15) is 65.2 Å². The number of hydrogen-bond donors (Lipinski definition) is 1. The minimum atomic E-state index is -0.231. The smallest absolute Gasteiger partial charge is 0.333 e. The molecule has 6 aliphatic rings. The molecule has 26 heavy (non-hydrogen) atoms. The standard InChI is InChI=1S/C22H33NO3/c1-13-7-6-9-18(23-13)17-11-14-16-8-4-5-10-22(16)12-15(20(24)25-3)19(14)21(17,2)26-22/h12-14,16-19,23H,4-11H2,1-3H3/t13-,14+,16+,17-,18-,19+,21?,22+/m1/s1. The molecule has 144 valence electrons. The van der Waals surface area contributed by atoms with Crippen molar-refractivity contribution in [2.75, 3.05) is 7.11 Å². The second kappa shape index (κ2) is 5.81. The summed E-state index contributed by atoms with van der Waals surface area (Å²) in [6.45, 7) is 4.62. The Balaban J connectivity index is 1.57. The van der Waals surface area contributed by atoms with E-state index in [-0.39, 0.29) is 23.1 Å². The minimum Gasteiger partial charge on any atom is -0.466 e. The molecule has 0 aromatic carbocycles. The number of nitrogens with one attached hydrogen (secondary N) is 1. The van der Waals surface area contributed by atoms with Gasteiger partial charge in [-0.05, 0) is 63.9 Å². The van der Waals surface area contributed by atoms with Crippen LogP contribution in [0.2, 0.25) is 0 Å². The van der Waals surface area contributed by atoms with Crippen LogP contribution < -0.4 is 5.32 Å². The molecule has 1 N–H and O–H groups in total. The van der Waals surface area contributed by atoms with Gasteiger partial charge in [0.05, 0.1) is 18.3 Å². The van der Waals surface area contributed by atoms with Crippen molar-refractivity contribution in [3.8, 4) is 0 Å². The van der Waals surface area contributed by atoms with Gasteiger partial charge in [-0.3, -0.25) is 0 Å². The van der Waals surface area contributed by atoms with Gasteiger partial charge in [-0.1, -0.05) is 19.3 Å². The van der Waals surface area contributed by atoms with E-state index in [2.05, 4.69) is 25.2 Å². The zero-order valence-electron chi connectivity index (χ0n) is 16.4. The van der Waals surface area contributed by atoms with Crippen molar-refractivity contribution in [1.29, 1.82) is 0 Å². The Hall–Kier alpha value is -0.870. The van der Waals surface area contributed by atoms with E-state index in [1.165, 1.54) is 52.1 Å². The average Bonchev–Trinajstić information content (AvgIpc) is 2.89. The van der Waals surface area contributed by atoms with Gasteiger partial charge < -0.3 is 14.8 Å². The van der Waals surface area contributed by atoms with E-state index in [0.717, 1.165) is 12.0 Å². The maximum atomic E-state index is 12.7. The zero-order valence-corrected chi connectivity index (χ0v) is 16.4. The van der Waals surface area contributed by atoms with Gasteiger partial charge in [-0.2, -0.15) is 0 Å².